The highest BCUT2D eigenvalue weighted by Crippen LogP contribution is 2.16. The summed E-state index contributed by atoms with van der Waals surface area (Å²) < 4.78 is 0. The Labute approximate surface area is 93.4 Å². The Morgan fingerprint density at radius 1 is 1.50 bits per heavy atom. The van der Waals surface area contributed by atoms with Gasteiger partial charge in [-0.25, -0.2) is 0 Å². The second-order valence-electron chi connectivity index (χ2n) is 4.39. The van der Waals surface area contributed by atoms with E-state index in [0.29, 0.717) is 13.0 Å². The third kappa shape index (κ3) is 2.50. The molecule has 90 valence electrons. The van der Waals surface area contributed by atoms with Crippen LogP contribution in [0.1, 0.15) is 26.7 Å². The third-order valence-electron chi connectivity index (χ3n) is 2.69. The molecule has 1 rings (SSSR count). The molecule has 1 saturated heterocycles. The molecule has 0 aromatic rings. The van der Waals surface area contributed by atoms with E-state index in [4.69, 9.17) is 5.11 Å². The fourth-order valence-electron chi connectivity index (χ4n) is 1.35. The van der Waals surface area contributed by atoms with Crippen LogP contribution in [0.4, 0.5) is 0 Å². The topological polar surface area (TPSA) is 95.5 Å². The SMILES string of the molecule is CC(C)(C(=O)O)C(=O)NC1CCCNC1=O. The number of hydrogen-bond acceptors (Lipinski definition) is 3. The summed E-state index contributed by atoms with van der Waals surface area (Å²) in [5, 5.41) is 13.9. The average Bonchev–Trinajstić information content (AvgIpc) is 2.21. The second-order valence-corrected chi connectivity index (χ2v) is 4.39. The Balaban J connectivity index is 2.63. The van der Waals surface area contributed by atoms with Crippen molar-refractivity contribution in [2.75, 3.05) is 6.54 Å². The fourth-order valence-corrected chi connectivity index (χ4v) is 1.35. The first-order valence-electron chi connectivity index (χ1n) is 5.18. The van der Waals surface area contributed by atoms with Crippen LogP contribution in [0.3, 0.4) is 0 Å². The average molecular weight is 228 g/mol. The predicted molar refractivity (Wildman–Crippen MR) is 55.6 cm³/mol. The van der Waals surface area contributed by atoms with Crippen LogP contribution in [0.15, 0.2) is 0 Å². The highest BCUT2D eigenvalue weighted by Gasteiger charge is 2.38. The third-order valence-corrected chi connectivity index (χ3v) is 2.69. The zero-order valence-corrected chi connectivity index (χ0v) is 9.37. The van der Waals surface area contributed by atoms with Gasteiger partial charge in [-0.1, -0.05) is 0 Å². The Kier molecular flexibility index (Phi) is 3.51. The summed E-state index contributed by atoms with van der Waals surface area (Å²) in [6, 6.07) is -0.611. The minimum atomic E-state index is -1.52. The molecule has 1 atom stereocenters. The Morgan fingerprint density at radius 3 is 2.62 bits per heavy atom. The van der Waals surface area contributed by atoms with Crippen LogP contribution in [0.2, 0.25) is 0 Å². The van der Waals surface area contributed by atoms with Crippen molar-refractivity contribution in [3.05, 3.63) is 0 Å². The van der Waals surface area contributed by atoms with Crippen LogP contribution in [-0.2, 0) is 14.4 Å². The summed E-state index contributed by atoms with van der Waals surface area (Å²) in [5.41, 5.74) is -1.52. The number of nitrogens with one attached hydrogen (secondary N) is 2. The molecule has 0 saturated carbocycles. The molecule has 1 fully saturated rings. The van der Waals surface area contributed by atoms with E-state index in [1.165, 1.54) is 13.8 Å². The summed E-state index contributed by atoms with van der Waals surface area (Å²) in [4.78, 5) is 33.8. The standard InChI is InChI=1S/C10H16N2O4/c1-10(2,9(15)16)8(14)12-6-4-3-5-11-7(6)13/h6H,3-5H2,1-2H3,(H,11,13)(H,12,14)(H,15,16). The second kappa shape index (κ2) is 4.51. The van der Waals surface area contributed by atoms with Gasteiger partial charge in [0.2, 0.25) is 11.8 Å². The van der Waals surface area contributed by atoms with Gasteiger partial charge in [-0.05, 0) is 26.7 Å². The summed E-state index contributed by atoms with van der Waals surface area (Å²) in [7, 11) is 0. The number of carboxylic acids is 1. The van der Waals surface area contributed by atoms with E-state index in [-0.39, 0.29) is 5.91 Å². The van der Waals surface area contributed by atoms with Crippen LogP contribution in [0, 0.1) is 5.41 Å². The highest BCUT2D eigenvalue weighted by molar-refractivity contribution is 6.02. The Hall–Kier alpha value is -1.59. The van der Waals surface area contributed by atoms with Crippen molar-refractivity contribution >= 4 is 17.8 Å². The van der Waals surface area contributed by atoms with Gasteiger partial charge in [0.15, 0.2) is 0 Å². The van der Waals surface area contributed by atoms with Crippen LogP contribution in [0.25, 0.3) is 0 Å². The van der Waals surface area contributed by atoms with E-state index in [1.54, 1.807) is 0 Å². The Morgan fingerprint density at radius 2 is 2.12 bits per heavy atom. The molecule has 0 aliphatic carbocycles. The number of piperidine rings is 1. The largest absolute Gasteiger partial charge is 0.480 e. The molecule has 0 aromatic heterocycles. The lowest BCUT2D eigenvalue weighted by Crippen LogP contribution is -2.54. The number of carbonyl (C=O) groups is 3. The molecule has 3 N–H and O–H groups in total. The van der Waals surface area contributed by atoms with Crippen molar-refractivity contribution in [1.82, 2.24) is 10.6 Å². The summed E-state index contributed by atoms with van der Waals surface area (Å²) >= 11 is 0. The molecule has 1 heterocycles. The number of carboxylic acid groups (broad SMARTS) is 1. The van der Waals surface area contributed by atoms with Crippen LogP contribution >= 0.6 is 0 Å². The van der Waals surface area contributed by atoms with Crippen LogP contribution in [0.5, 0.6) is 0 Å². The smallest absolute Gasteiger partial charge is 0.318 e. The molecule has 0 radical (unpaired) electrons. The van der Waals surface area contributed by atoms with Gasteiger partial charge in [-0.15, -0.1) is 0 Å². The van der Waals surface area contributed by atoms with Crippen molar-refractivity contribution in [3.63, 3.8) is 0 Å². The molecule has 6 heteroatoms. The molecule has 1 aliphatic rings. The van der Waals surface area contributed by atoms with Gasteiger partial charge in [0.25, 0.3) is 0 Å². The van der Waals surface area contributed by atoms with Gasteiger partial charge in [-0.2, -0.15) is 0 Å². The van der Waals surface area contributed by atoms with E-state index in [0.717, 1.165) is 6.42 Å². The number of amides is 2. The van der Waals surface area contributed by atoms with Gasteiger partial charge < -0.3 is 15.7 Å². The minimum Gasteiger partial charge on any atom is -0.480 e. The summed E-state index contributed by atoms with van der Waals surface area (Å²) in [6.07, 6.45) is 1.33. The van der Waals surface area contributed by atoms with E-state index < -0.39 is 23.3 Å². The van der Waals surface area contributed by atoms with Crippen molar-refractivity contribution in [1.29, 1.82) is 0 Å². The van der Waals surface area contributed by atoms with Gasteiger partial charge in [0.05, 0.1) is 0 Å². The van der Waals surface area contributed by atoms with E-state index in [1.807, 2.05) is 0 Å². The summed E-state index contributed by atoms with van der Waals surface area (Å²) in [5.74, 6) is -2.09. The van der Waals surface area contributed by atoms with Crippen LogP contribution in [-0.4, -0.2) is 35.5 Å². The lowest BCUT2D eigenvalue weighted by Gasteiger charge is -2.26. The number of hydrogen-bond donors (Lipinski definition) is 3. The molecule has 2 amide bonds. The summed E-state index contributed by atoms with van der Waals surface area (Å²) in [6.45, 7) is 3.23. The van der Waals surface area contributed by atoms with Crippen molar-refractivity contribution < 1.29 is 19.5 Å². The van der Waals surface area contributed by atoms with Gasteiger partial charge >= 0.3 is 5.97 Å². The maximum absolute atomic E-state index is 11.6. The zero-order valence-electron chi connectivity index (χ0n) is 9.37. The van der Waals surface area contributed by atoms with E-state index in [9.17, 15) is 14.4 Å². The monoisotopic (exact) mass is 228 g/mol. The number of carbonyl (C=O) groups excluding carboxylic acids is 2. The van der Waals surface area contributed by atoms with Gasteiger partial charge in [-0.3, -0.25) is 14.4 Å². The fraction of sp³-hybridized carbons (Fsp3) is 0.700. The van der Waals surface area contributed by atoms with Gasteiger partial charge in [0.1, 0.15) is 11.5 Å². The minimum absolute atomic E-state index is 0.249. The maximum atomic E-state index is 11.6. The predicted octanol–water partition coefficient (Wildman–Crippen LogP) is -0.508. The molecule has 0 spiro atoms. The van der Waals surface area contributed by atoms with Crippen molar-refractivity contribution in [3.8, 4) is 0 Å². The Bertz CT molecular complexity index is 325. The highest BCUT2D eigenvalue weighted by atomic mass is 16.4. The molecule has 16 heavy (non-hydrogen) atoms. The molecule has 1 unspecified atom stereocenters. The number of aliphatic carboxylic acids is 1. The molecular weight excluding hydrogens is 212 g/mol. The molecule has 1 aliphatic heterocycles. The lowest BCUT2D eigenvalue weighted by molar-refractivity contribution is -0.154. The molecule has 6 nitrogen and oxygen atoms in total. The van der Waals surface area contributed by atoms with E-state index >= 15 is 0 Å². The molecule has 0 aromatic carbocycles. The van der Waals surface area contributed by atoms with Crippen LogP contribution < -0.4 is 10.6 Å². The normalized spacial score (nSPS) is 21.1. The number of rotatable bonds is 3. The maximum Gasteiger partial charge on any atom is 0.318 e. The first-order chi connectivity index (χ1) is 7.35. The quantitative estimate of drug-likeness (QED) is 0.567. The lowest BCUT2D eigenvalue weighted by atomic mass is 9.91. The first kappa shape index (κ1) is 12.5. The first-order valence-corrected chi connectivity index (χ1v) is 5.18. The molecule has 0 bridgehead atoms. The van der Waals surface area contributed by atoms with Gasteiger partial charge in [0, 0.05) is 6.54 Å². The van der Waals surface area contributed by atoms with Crippen molar-refractivity contribution in [2.24, 2.45) is 5.41 Å². The molecular formula is C10H16N2O4. The van der Waals surface area contributed by atoms with Crippen molar-refractivity contribution in [2.45, 2.75) is 32.7 Å². The zero-order chi connectivity index (χ0) is 12.3. The van der Waals surface area contributed by atoms with E-state index in [2.05, 4.69) is 10.6 Å².